The number of rotatable bonds is 0. The van der Waals surface area contributed by atoms with Crippen molar-refractivity contribution in [3.63, 3.8) is 0 Å². The average Bonchev–Trinajstić information content (AvgIpc) is 3.91. The number of hydrogen-bond acceptors (Lipinski definition) is 20. The quantitative estimate of drug-likeness (QED) is 0.144. The van der Waals surface area contributed by atoms with Gasteiger partial charge in [0.05, 0.1) is 21.9 Å². The Kier molecular flexibility index (Phi) is 22.7. The summed E-state index contributed by atoms with van der Waals surface area (Å²) in [6.07, 6.45) is 7.58. The maximum absolute atomic E-state index is 4.72. The SMILES string of the molecule is Cc1cc(C)on1.Cc1csc(C)n1.Cc1ncco1.Cc1nccs1.Cc1ncon1.Cc1nnco1.Cc1nncs1.Cc1noc(C)n1. The zero-order valence-corrected chi connectivity index (χ0v) is 32.8. The molecule has 0 aromatic carbocycles. The highest BCUT2D eigenvalue weighted by Gasteiger charge is 1.90. The molecule has 0 amide bonds. The molecule has 0 radical (unpaired) electrons. The van der Waals surface area contributed by atoms with Crippen molar-refractivity contribution in [1.82, 2.24) is 60.8 Å². The van der Waals surface area contributed by atoms with Crippen LogP contribution >= 0.6 is 34.0 Å². The highest BCUT2D eigenvalue weighted by Crippen LogP contribution is 2.05. The van der Waals surface area contributed by atoms with E-state index in [1.54, 1.807) is 92.8 Å². The first-order chi connectivity index (χ1) is 24.3. The van der Waals surface area contributed by atoms with Gasteiger partial charge in [-0.3, -0.25) is 4.98 Å². The Morgan fingerprint density at radius 1 is 0.549 bits per heavy atom. The lowest BCUT2D eigenvalue weighted by atomic mass is 10.4. The molecule has 8 aromatic heterocycles. The normalized spacial score (nSPS) is 9.08. The Hall–Kier alpha value is -5.34. The van der Waals surface area contributed by atoms with Crippen molar-refractivity contribution in [2.45, 2.75) is 76.2 Å². The van der Waals surface area contributed by atoms with Crippen LogP contribution in [0, 0.1) is 76.2 Å². The molecule has 17 nitrogen and oxygen atoms in total. The molecule has 8 heterocycles. The standard InChI is InChI=1S/C5H7NO.C5H7NS.C4H6N2O.C4H5NO.C4H5NS.2C3H4N2O.C3H4N2S/c1-4-3-5(2)7-6-4;1-4-3-7-5(2)6-4;1-3-5-4(2)7-6-3;2*1-4-5-2-3-6-4;1-3-5-4-2-6-3;1-3-4-2-6-5-3;1-3-5-4-2-6-3/h2*3H,1-2H3;1-2H3;2*2-3H,1H3;3*2H,1H3. The van der Waals surface area contributed by atoms with Gasteiger partial charge in [-0.25, -0.2) is 9.97 Å². The van der Waals surface area contributed by atoms with Crippen LogP contribution in [0.4, 0.5) is 0 Å². The van der Waals surface area contributed by atoms with Crippen LogP contribution in [0.2, 0.25) is 0 Å². The monoisotopic (exact) mass is 758 g/mol. The lowest BCUT2D eigenvalue weighted by molar-refractivity contribution is 0.389. The molecule has 0 aliphatic rings. The van der Waals surface area contributed by atoms with Gasteiger partial charge in [0.2, 0.25) is 24.6 Å². The summed E-state index contributed by atoms with van der Waals surface area (Å²) in [5, 5.41) is 32.1. The summed E-state index contributed by atoms with van der Waals surface area (Å²) >= 11 is 4.92. The molecule has 0 fully saturated rings. The van der Waals surface area contributed by atoms with Gasteiger partial charge in [0.25, 0.3) is 0 Å². The second-order valence-corrected chi connectivity index (χ2v) is 12.6. The first kappa shape index (κ1) is 43.7. The zero-order chi connectivity index (χ0) is 37.9. The first-order valence-electron chi connectivity index (χ1n) is 14.8. The summed E-state index contributed by atoms with van der Waals surface area (Å²) in [7, 11) is 0. The van der Waals surface area contributed by atoms with Crippen LogP contribution in [0.5, 0.6) is 0 Å². The molecule has 8 aromatic rings. The van der Waals surface area contributed by atoms with Crippen LogP contribution in [0.3, 0.4) is 0 Å². The van der Waals surface area contributed by atoms with E-state index in [9.17, 15) is 0 Å². The number of oxazole rings is 1. The van der Waals surface area contributed by atoms with Gasteiger partial charge >= 0.3 is 0 Å². The van der Waals surface area contributed by atoms with Gasteiger partial charge < -0.3 is 22.4 Å². The fourth-order valence-electron chi connectivity index (χ4n) is 2.63. The first-order valence-corrected chi connectivity index (χ1v) is 17.4. The second-order valence-electron chi connectivity index (χ2n) is 9.44. The third kappa shape index (κ3) is 25.3. The number of hydrogen-bond donors (Lipinski definition) is 0. The Morgan fingerprint density at radius 2 is 1.33 bits per heavy atom. The van der Waals surface area contributed by atoms with E-state index in [2.05, 4.69) is 79.6 Å². The third-order valence-electron chi connectivity index (χ3n) is 4.63. The van der Waals surface area contributed by atoms with E-state index in [0.29, 0.717) is 23.4 Å². The summed E-state index contributed by atoms with van der Waals surface area (Å²) in [4.78, 5) is 19.3. The van der Waals surface area contributed by atoms with Crippen LogP contribution in [-0.2, 0) is 0 Å². The molecule has 0 saturated heterocycles. The molecule has 0 atom stereocenters. The van der Waals surface area contributed by atoms with Crippen molar-refractivity contribution >= 4 is 34.0 Å². The van der Waals surface area contributed by atoms with Gasteiger partial charge in [0, 0.05) is 49.5 Å². The maximum atomic E-state index is 4.72. The molecule has 0 spiro atoms. The van der Waals surface area contributed by atoms with Crippen molar-refractivity contribution < 1.29 is 22.4 Å². The molecule has 8 rings (SSSR count). The third-order valence-corrected chi connectivity index (χ3v) is 6.85. The minimum Gasteiger partial charge on any atom is -0.449 e. The number of aryl methyl sites for hydroxylation is 11. The van der Waals surface area contributed by atoms with Crippen molar-refractivity contribution in [2.24, 2.45) is 0 Å². The average molecular weight is 759 g/mol. The highest BCUT2D eigenvalue weighted by atomic mass is 32.1. The largest absolute Gasteiger partial charge is 0.449 e. The molecule has 51 heavy (non-hydrogen) atoms. The van der Waals surface area contributed by atoms with Crippen LogP contribution in [0.15, 0.2) is 76.2 Å². The van der Waals surface area contributed by atoms with Gasteiger partial charge in [-0.05, 0) is 55.4 Å². The zero-order valence-electron chi connectivity index (χ0n) is 30.3. The van der Waals surface area contributed by atoms with E-state index < -0.39 is 0 Å². The lowest BCUT2D eigenvalue weighted by Gasteiger charge is -1.71. The summed E-state index contributed by atoms with van der Waals surface area (Å²) in [5.41, 5.74) is 3.79. The minimum atomic E-state index is 0.606. The predicted octanol–water partition coefficient (Wildman–Crippen LogP) is 7.77. The van der Waals surface area contributed by atoms with Crippen molar-refractivity contribution in [3.05, 3.63) is 115 Å². The van der Waals surface area contributed by atoms with Crippen molar-refractivity contribution in [2.75, 3.05) is 0 Å². The molecular formula is C31H42N12O5S3. The summed E-state index contributed by atoms with van der Waals surface area (Å²) in [5.74, 6) is 4.19. The van der Waals surface area contributed by atoms with Gasteiger partial charge in [-0.2, -0.15) is 9.97 Å². The van der Waals surface area contributed by atoms with Crippen LogP contribution in [-0.4, -0.2) is 60.8 Å². The van der Waals surface area contributed by atoms with Crippen LogP contribution < -0.4 is 0 Å². The molecule has 0 saturated carbocycles. The second kappa shape index (κ2) is 26.5. The van der Waals surface area contributed by atoms with E-state index >= 15 is 0 Å². The van der Waals surface area contributed by atoms with E-state index in [1.165, 1.54) is 12.8 Å². The van der Waals surface area contributed by atoms with E-state index in [0.717, 1.165) is 38.1 Å². The highest BCUT2D eigenvalue weighted by molar-refractivity contribution is 7.09. The molecule has 0 bridgehead atoms. The fraction of sp³-hybridized carbons (Fsp3) is 0.355. The Labute approximate surface area is 307 Å². The van der Waals surface area contributed by atoms with Crippen molar-refractivity contribution in [3.8, 4) is 0 Å². The Morgan fingerprint density at radius 3 is 1.49 bits per heavy atom. The minimum absolute atomic E-state index is 0.606. The number of thiazole rings is 2. The van der Waals surface area contributed by atoms with Gasteiger partial charge in [-0.15, -0.1) is 54.4 Å². The fourth-order valence-corrected chi connectivity index (χ4v) is 4.00. The van der Waals surface area contributed by atoms with E-state index in [4.69, 9.17) is 8.94 Å². The summed E-state index contributed by atoms with van der Waals surface area (Å²) in [6.45, 7) is 20.6. The van der Waals surface area contributed by atoms with E-state index in [1.807, 2.05) is 53.0 Å². The van der Waals surface area contributed by atoms with Crippen LogP contribution in [0.25, 0.3) is 0 Å². The summed E-state index contributed by atoms with van der Waals surface area (Å²) < 4.78 is 23.0. The Balaban J connectivity index is 0.000000292. The van der Waals surface area contributed by atoms with Crippen LogP contribution in [0.1, 0.15) is 61.5 Å². The van der Waals surface area contributed by atoms with E-state index in [-0.39, 0.29) is 0 Å². The molecule has 274 valence electrons. The molecule has 0 aliphatic carbocycles. The number of nitrogens with zero attached hydrogens (tertiary/aromatic N) is 12. The van der Waals surface area contributed by atoms with Gasteiger partial charge in [-0.1, -0.05) is 15.5 Å². The maximum Gasteiger partial charge on any atom is 0.223 e. The van der Waals surface area contributed by atoms with Gasteiger partial charge in [0.1, 0.15) is 22.5 Å². The molecule has 0 N–H and O–H groups in total. The molecule has 0 unspecified atom stereocenters. The smallest absolute Gasteiger partial charge is 0.223 e. The molecule has 0 aliphatic heterocycles. The van der Waals surface area contributed by atoms with Gasteiger partial charge in [0.15, 0.2) is 17.5 Å². The predicted molar refractivity (Wildman–Crippen MR) is 192 cm³/mol. The topological polar surface area (TPSA) is 220 Å². The Bertz CT molecular complexity index is 1540. The molecule has 20 heteroatoms. The summed E-state index contributed by atoms with van der Waals surface area (Å²) in [6, 6.07) is 1.89. The number of aromatic nitrogens is 12. The molecular weight excluding hydrogens is 717 g/mol. The lowest BCUT2D eigenvalue weighted by Crippen LogP contribution is -1.70. The van der Waals surface area contributed by atoms with Crippen molar-refractivity contribution in [1.29, 1.82) is 0 Å².